The van der Waals surface area contributed by atoms with Crippen molar-refractivity contribution in [2.45, 2.75) is 13.3 Å². The van der Waals surface area contributed by atoms with Gasteiger partial charge in [-0.05, 0) is 0 Å². The fraction of sp³-hybridized carbons (Fsp3) is 0.375. The van der Waals surface area contributed by atoms with Crippen molar-refractivity contribution < 1.29 is 9.36 Å². The van der Waals surface area contributed by atoms with E-state index in [9.17, 15) is 9.36 Å². The van der Waals surface area contributed by atoms with Gasteiger partial charge in [-0.15, -0.1) is 0 Å². The Morgan fingerprint density at radius 2 is 2.47 bits per heavy atom. The summed E-state index contributed by atoms with van der Waals surface area (Å²) in [5.41, 5.74) is 8.28. The SMILES string of the molecule is CCc1sc(N)nc1C(=O)NCC#P=O. The van der Waals surface area contributed by atoms with Gasteiger partial charge in [0.2, 0.25) is 0 Å². The van der Waals surface area contributed by atoms with Gasteiger partial charge in [-0.1, -0.05) is 0 Å². The number of carbonyl (C=O) groups is 1. The first-order chi connectivity index (χ1) is 7.19. The number of hydrogen-bond donors (Lipinski definition) is 2. The first-order valence-electron chi connectivity index (χ1n) is 4.27. The van der Waals surface area contributed by atoms with Crippen LogP contribution in [0.5, 0.6) is 0 Å². The Balaban J connectivity index is 2.79. The second-order valence-electron chi connectivity index (χ2n) is 2.61. The van der Waals surface area contributed by atoms with E-state index in [2.05, 4.69) is 15.9 Å². The molecule has 0 spiro atoms. The van der Waals surface area contributed by atoms with Crippen molar-refractivity contribution in [1.29, 1.82) is 0 Å². The fourth-order valence-electron chi connectivity index (χ4n) is 1.02. The Labute approximate surface area is 92.2 Å². The molecule has 0 aliphatic rings. The van der Waals surface area contributed by atoms with Gasteiger partial charge in [0.15, 0.2) is 0 Å². The summed E-state index contributed by atoms with van der Waals surface area (Å²) in [5.74, 6) is -0.309. The van der Waals surface area contributed by atoms with E-state index in [1.807, 2.05) is 6.92 Å². The molecule has 0 aromatic carbocycles. The first kappa shape index (κ1) is 12.0. The van der Waals surface area contributed by atoms with Gasteiger partial charge in [-0.2, -0.15) is 0 Å². The quantitative estimate of drug-likeness (QED) is 0.783. The van der Waals surface area contributed by atoms with Gasteiger partial charge >= 0.3 is 91.8 Å². The predicted molar refractivity (Wildman–Crippen MR) is 59.7 cm³/mol. The Morgan fingerprint density at radius 3 is 3.07 bits per heavy atom. The maximum absolute atomic E-state index is 11.5. The molecule has 3 N–H and O–H groups in total. The molecule has 15 heavy (non-hydrogen) atoms. The third kappa shape index (κ3) is 3.20. The Hall–Kier alpha value is -1.09. The summed E-state index contributed by atoms with van der Waals surface area (Å²) in [5, 5.41) is 2.90. The summed E-state index contributed by atoms with van der Waals surface area (Å²) in [7, 11) is -0.221. The van der Waals surface area contributed by atoms with Crippen LogP contribution < -0.4 is 11.1 Å². The normalized spacial score (nSPS) is 9.40. The molecule has 1 aromatic heterocycles. The number of nitrogen functional groups attached to an aromatic ring is 1. The van der Waals surface area contributed by atoms with Gasteiger partial charge in [0.05, 0.1) is 0 Å². The molecular formula is C8H10N3O2PS. The average molecular weight is 243 g/mol. The Morgan fingerprint density at radius 1 is 1.73 bits per heavy atom. The van der Waals surface area contributed by atoms with Crippen molar-refractivity contribution in [2.24, 2.45) is 0 Å². The zero-order valence-electron chi connectivity index (χ0n) is 8.11. The minimum atomic E-state index is -0.309. The molecule has 0 radical (unpaired) electrons. The van der Waals surface area contributed by atoms with Crippen molar-refractivity contribution in [3.8, 4) is 5.63 Å². The molecule has 0 aliphatic carbocycles. The van der Waals surface area contributed by atoms with E-state index < -0.39 is 0 Å². The van der Waals surface area contributed by atoms with Gasteiger partial charge < -0.3 is 0 Å². The molecule has 0 saturated carbocycles. The summed E-state index contributed by atoms with van der Waals surface area (Å²) >= 11 is 1.30. The van der Waals surface area contributed by atoms with Crippen LogP contribution >= 0.6 is 19.3 Å². The van der Waals surface area contributed by atoms with Crippen LogP contribution in [0.4, 0.5) is 5.13 Å². The number of anilines is 1. The van der Waals surface area contributed by atoms with Crippen molar-refractivity contribution in [3.05, 3.63) is 10.6 Å². The third-order valence-electron chi connectivity index (χ3n) is 1.64. The van der Waals surface area contributed by atoms with E-state index >= 15 is 0 Å². The zero-order valence-corrected chi connectivity index (χ0v) is 9.82. The van der Waals surface area contributed by atoms with Gasteiger partial charge in [0, 0.05) is 0 Å². The van der Waals surface area contributed by atoms with Gasteiger partial charge in [-0.3, -0.25) is 0 Å². The van der Waals surface area contributed by atoms with E-state index in [1.54, 1.807) is 0 Å². The number of carbonyl (C=O) groups excluding carboxylic acids is 1. The van der Waals surface area contributed by atoms with Crippen LogP contribution in [0.3, 0.4) is 0 Å². The van der Waals surface area contributed by atoms with Crippen LogP contribution in [0.15, 0.2) is 0 Å². The van der Waals surface area contributed by atoms with E-state index in [4.69, 9.17) is 5.73 Å². The Bertz CT molecular complexity index is 465. The summed E-state index contributed by atoms with van der Waals surface area (Å²) in [6.07, 6.45) is 0.713. The molecule has 0 bridgehead atoms. The zero-order chi connectivity index (χ0) is 11.3. The summed E-state index contributed by atoms with van der Waals surface area (Å²) < 4.78 is 10.1. The average Bonchev–Trinajstić information content (AvgIpc) is 2.60. The second-order valence-corrected chi connectivity index (χ2v) is 4.22. The molecule has 0 unspecified atom stereocenters. The van der Waals surface area contributed by atoms with Crippen molar-refractivity contribution in [3.63, 3.8) is 0 Å². The van der Waals surface area contributed by atoms with Gasteiger partial charge in [0.1, 0.15) is 0 Å². The van der Waals surface area contributed by atoms with Crippen LogP contribution in [0.2, 0.25) is 0 Å². The van der Waals surface area contributed by atoms with E-state index in [-0.39, 0.29) is 20.4 Å². The third-order valence-corrected chi connectivity index (χ3v) is 2.96. The van der Waals surface area contributed by atoms with E-state index in [0.29, 0.717) is 17.2 Å². The standard InChI is InChI=1S/C8H10N3O2PS/c1-2-5-6(11-8(9)15-5)7(12)10-3-4-14-13/h2-3H2,1H3,(H2,9,11)(H,10,12). The molecule has 0 aliphatic heterocycles. The number of nitrogens with one attached hydrogen (secondary N) is 1. The van der Waals surface area contributed by atoms with Crippen LogP contribution in [0, 0.1) is 5.63 Å². The van der Waals surface area contributed by atoms with Crippen molar-refractivity contribution in [2.75, 3.05) is 12.3 Å². The number of nitrogens with zero attached hydrogens (tertiary/aromatic N) is 1. The number of nitrogens with two attached hydrogens (primary N) is 1. The van der Waals surface area contributed by atoms with Crippen LogP contribution in [0.25, 0.3) is 0 Å². The Kier molecular flexibility index (Phi) is 4.56. The summed E-state index contributed by atoms with van der Waals surface area (Å²) in [4.78, 5) is 16.3. The predicted octanol–water partition coefficient (Wildman–Crippen LogP) is 1.27. The molecule has 7 heteroatoms. The molecule has 80 valence electrons. The van der Waals surface area contributed by atoms with Crippen LogP contribution in [-0.4, -0.2) is 17.4 Å². The number of hydrogen-bond acceptors (Lipinski definition) is 5. The van der Waals surface area contributed by atoms with Gasteiger partial charge in [-0.25, -0.2) is 0 Å². The maximum atomic E-state index is 11.5. The van der Waals surface area contributed by atoms with Crippen LogP contribution in [0.1, 0.15) is 22.3 Å². The summed E-state index contributed by atoms with van der Waals surface area (Å²) in [6, 6.07) is 0. The molecular weight excluding hydrogens is 233 g/mol. The number of aryl methyl sites for hydroxylation is 1. The first-order valence-corrected chi connectivity index (χ1v) is 5.90. The molecule has 1 amide bonds. The molecule has 5 nitrogen and oxygen atoms in total. The number of thiazole rings is 1. The van der Waals surface area contributed by atoms with Crippen molar-refractivity contribution in [1.82, 2.24) is 10.3 Å². The van der Waals surface area contributed by atoms with Crippen molar-refractivity contribution >= 4 is 30.3 Å². The van der Waals surface area contributed by atoms with E-state index in [0.717, 1.165) is 4.88 Å². The van der Waals surface area contributed by atoms with Crippen LogP contribution in [-0.2, 0) is 11.0 Å². The molecule has 0 atom stereocenters. The number of amides is 1. The minimum absolute atomic E-state index is 0.129. The molecule has 1 heterocycles. The molecule has 0 fully saturated rings. The molecule has 0 saturated heterocycles. The number of aromatic nitrogens is 1. The fourth-order valence-corrected chi connectivity index (χ4v) is 1.94. The second kappa shape index (κ2) is 5.71. The number of rotatable bonds is 3. The summed E-state index contributed by atoms with van der Waals surface area (Å²) in [6.45, 7) is 2.06. The van der Waals surface area contributed by atoms with E-state index in [1.165, 1.54) is 11.3 Å². The molecule has 1 rings (SSSR count). The topological polar surface area (TPSA) is 85.1 Å². The monoisotopic (exact) mass is 243 g/mol. The molecule has 1 aromatic rings. The van der Waals surface area contributed by atoms with Gasteiger partial charge in [0.25, 0.3) is 0 Å².